The van der Waals surface area contributed by atoms with E-state index in [2.05, 4.69) is 41.5 Å². The van der Waals surface area contributed by atoms with Gasteiger partial charge in [-0.3, -0.25) is 0 Å². The van der Waals surface area contributed by atoms with Crippen LogP contribution in [-0.4, -0.2) is 15.0 Å². The molecule has 1 aliphatic carbocycles. The molecular weight excluding hydrogens is 260 g/mol. The number of aryl methyl sites for hydroxylation is 1. The van der Waals surface area contributed by atoms with Gasteiger partial charge < -0.3 is 5.73 Å². The van der Waals surface area contributed by atoms with Crippen molar-refractivity contribution in [3.05, 3.63) is 41.2 Å². The van der Waals surface area contributed by atoms with E-state index in [9.17, 15) is 0 Å². The topological polar surface area (TPSA) is 56.7 Å². The summed E-state index contributed by atoms with van der Waals surface area (Å²) in [6.07, 6.45) is 7.39. The highest BCUT2D eigenvalue weighted by atomic mass is 15.4. The Morgan fingerprint density at radius 1 is 1.24 bits per heavy atom. The van der Waals surface area contributed by atoms with Crippen LogP contribution in [0.15, 0.2) is 24.3 Å². The molecule has 0 spiro atoms. The lowest BCUT2D eigenvalue weighted by Crippen LogP contribution is -2.17. The standard InChI is InChI=1S/C17H24N4/c1-2-3-5-13-8-10-15(11-9-13)21-17(14-6-4-7-14)16(12-18)19-20-21/h8-11,14H,2-7,12,18H2,1H3. The van der Waals surface area contributed by atoms with Crippen LogP contribution < -0.4 is 5.73 Å². The Kier molecular flexibility index (Phi) is 4.34. The minimum atomic E-state index is 0.473. The maximum atomic E-state index is 5.82. The zero-order chi connectivity index (χ0) is 14.7. The summed E-state index contributed by atoms with van der Waals surface area (Å²) in [5.74, 6) is 0.582. The van der Waals surface area contributed by atoms with Crippen LogP contribution in [0, 0.1) is 0 Å². The maximum Gasteiger partial charge on any atom is 0.100 e. The molecule has 0 aliphatic heterocycles. The van der Waals surface area contributed by atoms with Gasteiger partial charge in [0.2, 0.25) is 0 Å². The molecule has 0 saturated heterocycles. The molecule has 1 saturated carbocycles. The zero-order valence-corrected chi connectivity index (χ0v) is 12.8. The summed E-state index contributed by atoms with van der Waals surface area (Å²) in [5, 5.41) is 8.61. The van der Waals surface area contributed by atoms with Gasteiger partial charge in [0.1, 0.15) is 5.69 Å². The quantitative estimate of drug-likeness (QED) is 0.885. The first-order chi connectivity index (χ1) is 10.3. The Morgan fingerprint density at radius 2 is 2.00 bits per heavy atom. The summed E-state index contributed by atoms with van der Waals surface area (Å²) in [5.41, 5.74) is 10.5. The normalized spacial score (nSPS) is 15.1. The molecule has 4 nitrogen and oxygen atoms in total. The van der Waals surface area contributed by atoms with Crippen LogP contribution in [0.2, 0.25) is 0 Å². The Labute approximate surface area is 126 Å². The van der Waals surface area contributed by atoms with Crippen LogP contribution in [0.1, 0.15) is 61.9 Å². The molecule has 1 aromatic heterocycles. The van der Waals surface area contributed by atoms with Crippen molar-refractivity contribution in [1.29, 1.82) is 0 Å². The monoisotopic (exact) mass is 284 g/mol. The highest BCUT2D eigenvalue weighted by molar-refractivity contribution is 5.37. The number of aromatic nitrogens is 3. The van der Waals surface area contributed by atoms with E-state index in [4.69, 9.17) is 5.73 Å². The number of nitrogens with two attached hydrogens (primary N) is 1. The predicted molar refractivity (Wildman–Crippen MR) is 84.5 cm³/mol. The number of hydrogen-bond acceptors (Lipinski definition) is 3. The highest BCUT2D eigenvalue weighted by Crippen LogP contribution is 2.38. The van der Waals surface area contributed by atoms with Gasteiger partial charge in [-0.1, -0.05) is 37.1 Å². The molecule has 2 N–H and O–H groups in total. The number of nitrogens with zero attached hydrogens (tertiary/aromatic N) is 3. The van der Waals surface area contributed by atoms with Crippen molar-refractivity contribution in [2.24, 2.45) is 5.73 Å². The van der Waals surface area contributed by atoms with Gasteiger partial charge in [-0.2, -0.15) is 0 Å². The lowest BCUT2D eigenvalue weighted by Gasteiger charge is -2.26. The van der Waals surface area contributed by atoms with Gasteiger partial charge in [-0.15, -0.1) is 5.10 Å². The Hall–Kier alpha value is -1.68. The molecule has 0 bridgehead atoms. The molecule has 0 amide bonds. The van der Waals surface area contributed by atoms with E-state index >= 15 is 0 Å². The minimum absolute atomic E-state index is 0.473. The van der Waals surface area contributed by atoms with Gasteiger partial charge in [-0.25, -0.2) is 4.68 Å². The average Bonchev–Trinajstić information content (AvgIpc) is 2.87. The molecule has 21 heavy (non-hydrogen) atoms. The first kappa shape index (κ1) is 14.3. The van der Waals surface area contributed by atoms with E-state index in [-0.39, 0.29) is 0 Å². The Bertz CT molecular complexity index is 581. The molecule has 1 heterocycles. The van der Waals surface area contributed by atoms with Crippen molar-refractivity contribution in [2.75, 3.05) is 0 Å². The van der Waals surface area contributed by atoms with E-state index in [0.29, 0.717) is 12.5 Å². The zero-order valence-electron chi connectivity index (χ0n) is 12.8. The molecule has 4 heteroatoms. The molecule has 0 atom stereocenters. The fraction of sp³-hybridized carbons (Fsp3) is 0.529. The number of benzene rings is 1. The maximum absolute atomic E-state index is 5.82. The number of hydrogen-bond donors (Lipinski definition) is 1. The second kappa shape index (κ2) is 6.39. The lowest BCUT2D eigenvalue weighted by molar-refractivity contribution is 0.401. The van der Waals surface area contributed by atoms with Crippen LogP contribution in [0.4, 0.5) is 0 Å². The fourth-order valence-corrected chi connectivity index (χ4v) is 2.93. The van der Waals surface area contributed by atoms with Crippen LogP contribution in [0.3, 0.4) is 0 Å². The van der Waals surface area contributed by atoms with Gasteiger partial charge >= 0.3 is 0 Å². The molecule has 2 aromatic rings. The lowest BCUT2D eigenvalue weighted by atomic mass is 9.82. The van der Waals surface area contributed by atoms with Gasteiger partial charge in [0.05, 0.1) is 11.4 Å². The predicted octanol–water partition coefficient (Wildman–Crippen LogP) is 3.34. The molecule has 1 aromatic carbocycles. The number of rotatable bonds is 6. The highest BCUT2D eigenvalue weighted by Gasteiger charge is 2.27. The van der Waals surface area contributed by atoms with Crippen LogP contribution in [0.25, 0.3) is 5.69 Å². The second-order valence-corrected chi connectivity index (χ2v) is 5.94. The molecule has 0 radical (unpaired) electrons. The third-order valence-electron chi connectivity index (χ3n) is 4.46. The third kappa shape index (κ3) is 2.86. The fourth-order valence-electron chi connectivity index (χ4n) is 2.93. The van der Waals surface area contributed by atoms with Crippen molar-refractivity contribution in [2.45, 2.75) is 57.9 Å². The summed E-state index contributed by atoms with van der Waals surface area (Å²) < 4.78 is 2.00. The molecular formula is C17H24N4. The summed E-state index contributed by atoms with van der Waals surface area (Å²) in [4.78, 5) is 0. The Morgan fingerprint density at radius 3 is 2.57 bits per heavy atom. The van der Waals surface area contributed by atoms with Crippen molar-refractivity contribution >= 4 is 0 Å². The molecule has 0 unspecified atom stereocenters. The van der Waals surface area contributed by atoms with Crippen LogP contribution in [0.5, 0.6) is 0 Å². The Balaban J connectivity index is 1.87. The van der Waals surface area contributed by atoms with Crippen molar-refractivity contribution in [1.82, 2.24) is 15.0 Å². The van der Waals surface area contributed by atoms with Crippen molar-refractivity contribution in [3.63, 3.8) is 0 Å². The van der Waals surface area contributed by atoms with Gasteiger partial charge in [-0.05, 0) is 43.4 Å². The largest absolute Gasteiger partial charge is 0.325 e. The summed E-state index contributed by atoms with van der Waals surface area (Å²) in [7, 11) is 0. The van der Waals surface area contributed by atoms with Gasteiger partial charge in [0.25, 0.3) is 0 Å². The molecule has 112 valence electrons. The van der Waals surface area contributed by atoms with Crippen molar-refractivity contribution in [3.8, 4) is 5.69 Å². The van der Waals surface area contributed by atoms with Crippen molar-refractivity contribution < 1.29 is 0 Å². The van der Waals surface area contributed by atoms with Crippen LogP contribution >= 0.6 is 0 Å². The first-order valence-electron chi connectivity index (χ1n) is 8.07. The molecule has 1 fully saturated rings. The van der Waals surface area contributed by atoms with E-state index in [1.807, 2.05) is 4.68 Å². The summed E-state index contributed by atoms with van der Waals surface area (Å²) >= 11 is 0. The van der Waals surface area contributed by atoms with E-state index in [1.54, 1.807) is 0 Å². The number of unbranched alkanes of at least 4 members (excludes halogenated alkanes) is 1. The van der Waals surface area contributed by atoms with E-state index in [1.165, 1.54) is 43.4 Å². The van der Waals surface area contributed by atoms with E-state index in [0.717, 1.165) is 17.8 Å². The smallest absolute Gasteiger partial charge is 0.100 e. The van der Waals surface area contributed by atoms with Crippen LogP contribution in [-0.2, 0) is 13.0 Å². The minimum Gasteiger partial charge on any atom is -0.325 e. The SMILES string of the molecule is CCCCc1ccc(-n2nnc(CN)c2C2CCC2)cc1. The van der Waals surface area contributed by atoms with Gasteiger partial charge in [0.15, 0.2) is 0 Å². The van der Waals surface area contributed by atoms with Gasteiger partial charge in [0, 0.05) is 12.5 Å². The third-order valence-corrected chi connectivity index (χ3v) is 4.46. The molecule has 3 rings (SSSR count). The summed E-state index contributed by atoms with van der Waals surface area (Å²) in [6.45, 7) is 2.70. The molecule has 1 aliphatic rings. The van der Waals surface area contributed by atoms with E-state index < -0.39 is 0 Å². The summed E-state index contributed by atoms with van der Waals surface area (Å²) in [6, 6.07) is 8.73. The first-order valence-corrected chi connectivity index (χ1v) is 8.07. The second-order valence-electron chi connectivity index (χ2n) is 5.94. The average molecular weight is 284 g/mol.